The van der Waals surface area contributed by atoms with Crippen molar-refractivity contribution in [3.8, 4) is 0 Å². The van der Waals surface area contributed by atoms with Crippen molar-refractivity contribution in [3.63, 3.8) is 0 Å². The zero-order chi connectivity index (χ0) is 14.9. The maximum atomic E-state index is 12.2. The highest BCUT2D eigenvalue weighted by Crippen LogP contribution is 2.22. The molecule has 0 aromatic heterocycles. The van der Waals surface area contributed by atoms with E-state index in [0.29, 0.717) is 6.10 Å². The maximum Gasteiger partial charge on any atom is 0.249 e. The van der Waals surface area contributed by atoms with E-state index < -0.39 is 0 Å². The molecule has 2 unspecified atom stereocenters. The van der Waals surface area contributed by atoms with E-state index in [9.17, 15) is 4.79 Å². The Morgan fingerprint density at radius 1 is 1.24 bits per heavy atom. The summed E-state index contributed by atoms with van der Waals surface area (Å²) in [6.07, 6.45) is 10.5. The van der Waals surface area contributed by atoms with Gasteiger partial charge in [-0.1, -0.05) is 26.2 Å². The Morgan fingerprint density at radius 3 is 2.71 bits per heavy atom. The van der Waals surface area contributed by atoms with Gasteiger partial charge in [0, 0.05) is 6.54 Å². The molecule has 4 heteroatoms. The van der Waals surface area contributed by atoms with Crippen molar-refractivity contribution in [1.29, 1.82) is 0 Å². The van der Waals surface area contributed by atoms with Crippen LogP contribution in [-0.4, -0.2) is 37.7 Å². The predicted molar refractivity (Wildman–Crippen MR) is 85.3 cm³/mol. The van der Waals surface area contributed by atoms with E-state index in [-0.39, 0.29) is 12.0 Å². The van der Waals surface area contributed by atoms with Crippen molar-refractivity contribution in [2.45, 2.75) is 76.9 Å². The molecule has 4 nitrogen and oxygen atoms in total. The molecule has 2 N–H and O–H groups in total. The van der Waals surface area contributed by atoms with Gasteiger partial charge in [0.05, 0.1) is 6.10 Å². The molecule has 2 atom stereocenters. The lowest BCUT2D eigenvalue weighted by Crippen LogP contribution is -2.40. The van der Waals surface area contributed by atoms with Crippen LogP contribution in [0.25, 0.3) is 0 Å². The Bertz CT molecular complexity index is 297. The van der Waals surface area contributed by atoms with Crippen LogP contribution in [0.5, 0.6) is 0 Å². The van der Waals surface area contributed by atoms with Crippen LogP contribution < -0.4 is 10.6 Å². The molecule has 0 radical (unpaired) electrons. The van der Waals surface area contributed by atoms with Crippen molar-refractivity contribution in [1.82, 2.24) is 10.6 Å². The summed E-state index contributed by atoms with van der Waals surface area (Å²) in [6.45, 7) is 5.08. The third-order valence-corrected chi connectivity index (χ3v) is 4.82. The van der Waals surface area contributed by atoms with Gasteiger partial charge in [-0.05, 0) is 57.5 Å². The first-order chi connectivity index (χ1) is 10.3. The van der Waals surface area contributed by atoms with Gasteiger partial charge < -0.3 is 15.4 Å². The van der Waals surface area contributed by atoms with Crippen LogP contribution in [-0.2, 0) is 9.53 Å². The minimum atomic E-state index is -0.252. The number of carbonyl (C=O) groups excluding carboxylic acids is 1. The van der Waals surface area contributed by atoms with E-state index in [1.54, 1.807) is 0 Å². The number of rotatable bonds is 7. The Labute approximate surface area is 129 Å². The zero-order valence-corrected chi connectivity index (χ0v) is 13.5. The standard InChI is InChI=1S/C17H32N2O2/c1-2-16(21-15-8-4-3-5-9-15)17(20)19-12-10-14-7-6-11-18-13-14/h14-16,18H,2-13H2,1H3,(H,19,20). The monoisotopic (exact) mass is 296 g/mol. The molecule has 1 saturated carbocycles. The first-order valence-corrected chi connectivity index (χ1v) is 8.93. The predicted octanol–water partition coefficient (Wildman–Crippen LogP) is 2.62. The van der Waals surface area contributed by atoms with Gasteiger partial charge in [-0.2, -0.15) is 0 Å². The lowest BCUT2D eigenvalue weighted by molar-refractivity contribution is -0.138. The van der Waals surface area contributed by atoms with Gasteiger partial charge in [0.15, 0.2) is 0 Å². The second kappa shape index (κ2) is 9.42. The minimum Gasteiger partial charge on any atom is -0.365 e. The number of hydrogen-bond acceptors (Lipinski definition) is 3. The van der Waals surface area contributed by atoms with Crippen molar-refractivity contribution in [3.05, 3.63) is 0 Å². The quantitative estimate of drug-likeness (QED) is 0.759. The number of hydrogen-bond donors (Lipinski definition) is 2. The molecule has 0 spiro atoms. The number of carbonyl (C=O) groups is 1. The van der Waals surface area contributed by atoms with Crippen LogP contribution in [0.15, 0.2) is 0 Å². The van der Waals surface area contributed by atoms with Crippen LogP contribution in [0.2, 0.25) is 0 Å². The highest BCUT2D eigenvalue weighted by molar-refractivity contribution is 5.80. The van der Waals surface area contributed by atoms with Gasteiger partial charge in [0.25, 0.3) is 0 Å². The SMILES string of the molecule is CCC(OC1CCCCC1)C(=O)NCCC1CCCNC1. The lowest BCUT2D eigenvalue weighted by atomic mass is 9.96. The molecule has 0 aromatic rings. The molecule has 0 aromatic carbocycles. The van der Waals surface area contributed by atoms with Gasteiger partial charge in [0.2, 0.25) is 5.91 Å². The summed E-state index contributed by atoms with van der Waals surface area (Å²) in [7, 11) is 0. The Morgan fingerprint density at radius 2 is 2.05 bits per heavy atom. The molecular weight excluding hydrogens is 264 g/mol. The van der Waals surface area contributed by atoms with E-state index in [0.717, 1.165) is 51.2 Å². The van der Waals surface area contributed by atoms with Gasteiger partial charge in [0.1, 0.15) is 6.10 Å². The molecule has 1 saturated heterocycles. The first-order valence-electron chi connectivity index (χ1n) is 8.93. The molecule has 1 aliphatic carbocycles. The summed E-state index contributed by atoms with van der Waals surface area (Å²) in [4.78, 5) is 12.2. The largest absolute Gasteiger partial charge is 0.365 e. The van der Waals surface area contributed by atoms with Gasteiger partial charge in [-0.3, -0.25) is 4.79 Å². The maximum absolute atomic E-state index is 12.2. The Hall–Kier alpha value is -0.610. The fourth-order valence-corrected chi connectivity index (χ4v) is 3.46. The summed E-state index contributed by atoms with van der Waals surface area (Å²) in [5.74, 6) is 0.810. The molecular formula is C17H32N2O2. The third-order valence-electron chi connectivity index (χ3n) is 4.82. The van der Waals surface area contributed by atoms with Gasteiger partial charge in [-0.15, -0.1) is 0 Å². The lowest BCUT2D eigenvalue weighted by Gasteiger charge is -2.27. The number of ether oxygens (including phenoxy) is 1. The molecule has 2 fully saturated rings. The summed E-state index contributed by atoms with van der Waals surface area (Å²) >= 11 is 0. The van der Waals surface area contributed by atoms with Crippen molar-refractivity contribution >= 4 is 5.91 Å². The third kappa shape index (κ3) is 5.95. The smallest absolute Gasteiger partial charge is 0.249 e. The summed E-state index contributed by atoms with van der Waals surface area (Å²) in [5, 5.41) is 6.50. The van der Waals surface area contributed by atoms with Crippen LogP contribution in [0, 0.1) is 5.92 Å². The highest BCUT2D eigenvalue weighted by atomic mass is 16.5. The van der Waals surface area contributed by atoms with E-state index in [4.69, 9.17) is 4.74 Å². The summed E-state index contributed by atoms with van der Waals surface area (Å²) in [6, 6.07) is 0. The fourth-order valence-electron chi connectivity index (χ4n) is 3.46. The number of amides is 1. The molecule has 1 aliphatic heterocycles. The normalized spacial score (nSPS) is 25.5. The van der Waals surface area contributed by atoms with Crippen molar-refractivity contribution in [2.75, 3.05) is 19.6 Å². The van der Waals surface area contributed by atoms with Gasteiger partial charge in [-0.25, -0.2) is 0 Å². The molecule has 122 valence electrons. The van der Waals surface area contributed by atoms with Gasteiger partial charge >= 0.3 is 0 Å². The van der Waals surface area contributed by atoms with Crippen LogP contribution >= 0.6 is 0 Å². The van der Waals surface area contributed by atoms with Crippen LogP contribution in [0.4, 0.5) is 0 Å². The first kappa shape index (κ1) is 16.8. The van der Waals surface area contributed by atoms with Crippen molar-refractivity contribution < 1.29 is 9.53 Å². The Balaban J connectivity index is 1.64. The molecule has 0 bridgehead atoms. The average Bonchev–Trinajstić information content (AvgIpc) is 2.54. The Kier molecular flexibility index (Phi) is 7.51. The van der Waals surface area contributed by atoms with E-state index in [1.807, 2.05) is 6.92 Å². The molecule has 21 heavy (non-hydrogen) atoms. The molecule has 1 heterocycles. The minimum absolute atomic E-state index is 0.0897. The molecule has 1 amide bonds. The number of nitrogens with one attached hydrogen (secondary N) is 2. The van der Waals surface area contributed by atoms with Crippen LogP contribution in [0.3, 0.4) is 0 Å². The topological polar surface area (TPSA) is 50.4 Å². The van der Waals surface area contributed by atoms with E-state index >= 15 is 0 Å². The molecule has 2 rings (SSSR count). The zero-order valence-electron chi connectivity index (χ0n) is 13.5. The summed E-state index contributed by atoms with van der Waals surface area (Å²) in [5.41, 5.74) is 0. The highest BCUT2D eigenvalue weighted by Gasteiger charge is 2.23. The van der Waals surface area contributed by atoms with E-state index in [1.165, 1.54) is 32.1 Å². The van der Waals surface area contributed by atoms with E-state index in [2.05, 4.69) is 10.6 Å². The molecule has 2 aliphatic rings. The summed E-state index contributed by atoms with van der Waals surface area (Å²) < 4.78 is 6.02. The second-order valence-corrected chi connectivity index (χ2v) is 6.59. The second-order valence-electron chi connectivity index (χ2n) is 6.59. The fraction of sp³-hybridized carbons (Fsp3) is 0.941. The number of piperidine rings is 1. The van der Waals surface area contributed by atoms with Crippen LogP contribution in [0.1, 0.15) is 64.7 Å². The van der Waals surface area contributed by atoms with Crippen molar-refractivity contribution in [2.24, 2.45) is 5.92 Å². The average molecular weight is 296 g/mol.